The molecule has 0 atom stereocenters. The second-order valence-electron chi connectivity index (χ2n) is 2.49. The van der Waals surface area contributed by atoms with E-state index in [1.165, 1.54) is 0 Å². The van der Waals surface area contributed by atoms with Crippen LogP contribution in [0.2, 0.25) is 0 Å². The summed E-state index contributed by atoms with van der Waals surface area (Å²) in [4.78, 5) is 0. The van der Waals surface area contributed by atoms with Crippen LogP contribution in [0.1, 0.15) is 0 Å². The van der Waals surface area contributed by atoms with E-state index in [1.54, 1.807) is 24.3 Å². The maximum absolute atomic E-state index is 8.63. The summed E-state index contributed by atoms with van der Waals surface area (Å²) in [7, 11) is 0. The molecule has 2 rings (SSSR count). The standard InChI is InChI=1S/C6H6O.C6H6.H2S.Zn/c7-6-4-2-1-3-5-6;1-2-4-6-5-3-1;;/h1-5,7H;1-6H;1H2;. The van der Waals surface area contributed by atoms with Gasteiger partial charge in [0.25, 0.3) is 0 Å². The number of phenols is 1. The minimum Gasteiger partial charge on any atom is -0.508 e. The molecule has 0 radical (unpaired) electrons. The van der Waals surface area contributed by atoms with Crippen LogP contribution in [0.25, 0.3) is 0 Å². The minimum absolute atomic E-state index is 0. The van der Waals surface area contributed by atoms with Gasteiger partial charge in [-0.2, -0.15) is 13.5 Å². The molecule has 0 bridgehead atoms. The molecule has 0 amide bonds. The molecule has 0 aliphatic rings. The molecule has 3 heteroatoms. The Labute approximate surface area is 110 Å². The number of rotatable bonds is 0. The molecule has 2 aromatic rings. The second-order valence-corrected chi connectivity index (χ2v) is 2.49. The summed E-state index contributed by atoms with van der Waals surface area (Å²) in [5, 5.41) is 8.63. The van der Waals surface area contributed by atoms with Crippen LogP contribution in [0, 0.1) is 0 Å². The van der Waals surface area contributed by atoms with Gasteiger partial charge >= 0.3 is 0 Å². The number of hydrogen-bond donors (Lipinski definition) is 1. The van der Waals surface area contributed by atoms with Gasteiger partial charge in [0.05, 0.1) is 0 Å². The maximum Gasteiger partial charge on any atom is 0.115 e. The summed E-state index contributed by atoms with van der Waals surface area (Å²) < 4.78 is 0. The van der Waals surface area contributed by atoms with E-state index in [4.69, 9.17) is 5.11 Å². The zero-order valence-corrected chi connectivity index (χ0v) is 12.5. The molecular formula is C12H14OSZn. The normalized spacial score (nSPS) is 7.20. The molecule has 0 aromatic heterocycles. The van der Waals surface area contributed by atoms with Crippen molar-refractivity contribution in [1.29, 1.82) is 0 Å². The zero-order chi connectivity index (χ0) is 9.36. The van der Waals surface area contributed by atoms with Crippen molar-refractivity contribution in [3.8, 4) is 5.75 Å². The van der Waals surface area contributed by atoms with Gasteiger partial charge in [0.1, 0.15) is 5.75 Å². The third kappa shape index (κ3) is 9.52. The molecule has 1 N–H and O–H groups in total. The fourth-order valence-electron chi connectivity index (χ4n) is 0.813. The quantitative estimate of drug-likeness (QED) is 0.730. The molecule has 2 aromatic carbocycles. The average molecular weight is 272 g/mol. The van der Waals surface area contributed by atoms with Crippen LogP contribution >= 0.6 is 13.5 Å². The van der Waals surface area contributed by atoms with E-state index in [9.17, 15) is 0 Å². The molecule has 0 saturated carbocycles. The van der Waals surface area contributed by atoms with Gasteiger partial charge in [0.2, 0.25) is 0 Å². The summed E-state index contributed by atoms with van der Waals surface area (Å²) in [5.41, 5.74) is 0. The van der Waals surface area contributed by atoms with Crippen molar-refractivity contribution in [1.82, 2.24) is 0 Å². The summed E-state index contributed by atoms with van der Waals surface area (Å²) in [6.45, 7) is 0. The Kier molecular flexibility index (Phi) is 12.5. The van der Waals surface area contributed by atoms with Gasteiger partial charge in [0.15, 0.2) is 0 Å². The van der Waals surface area contributed by atoms with Gasteiger partial charge in [-0.1, -0.05) is 54.6 Å². The van der Waals surface area contributed by atoms with Crippen molar-refractivity contribution >= 4 is 13.5 Å². The fraction of sp³-hybridized carbons (Fsp3) is 0. The smallest absolute Gasteiger partial charge is 0.115 e. The van der Waals surface area contributed by atoms with Gasteiger partial charge in [-0.3, -0.25) is 0 Å². The Balaban J connectivity index is 0. The predicted molar refractivity (Wildman–Crippen MR) is 64.9 cm³/mol. The first-order chi connectivity index (χ1) is 6.39. The van der Waals surface area contributed by atoms with Gasteiger partial charge in [-0.05, 0) is 12.1 Å². The van der Waals surface area contributed by atoms with Gasteiger partial charge in [0, 0.05) is 19.5 Å². The number of phenolic OH excluding ortho intramolecular Hbond substituents is 1. The van der Waals surface area contributed by atoms with Crippen molar-refractivity contribution in [3.63, 3.8) is 0 Å². The van der Waals surface area contributed by atoms with Crippen LogP contribution in [0.4, 0.5) is 0 Å². The SMILES string of the molecule is Oc1ccccc1.S.[Zn].c1ccccc1. The van der Waals surface area contributed by atoms with Crippen molar-refractivity contribution in [3.05, 3.63) is 66.7 Å². The summed E-state index contributed by atoms with van der Waals surface area (Å²) in [6.07, 6.45) is 0. The zero-order valence-electron chi connectivity index (χ0n) is 8.51. The van der Waals surface area contributed by atoms with Gasteiger partial charge < -0.3 is 5.11 Å². The first-order valence-electron chi connectivity index (χ1n) is 4.13. The Hall–Kier alpha value is -0.787. The molecule has 0 heterocycles. The predicted octanol–water partition coefficient (Wildman–Crippen LogP) is 3.19. The molecule has 76 valence electrons. The van der Waals surface area contributed by atoms with Gasteiger partial charge in [-0.25, -0.2) is 0 Å². The molecule has 0 fully saturated rings. The van der Waals surface area contributed by atoms with E-state index in [0.717, 1.165) is 0 Å². The average Bonchev–Trinajstić information content (AvgIpc) is 2.22. The Morgan fingerprint density at radius 2 is 0.867 bits per heavy atom. The summed E-state index contributed by atoms with van der Waals surface area (Å²) in [6, 6.07) is 20.7. The van der Waals surface area contributed by atoms with Crippen LogP contribution in [0.15, 0.2) is 66.7 Å². The van der Waals surface area contributed by atoms with Crippen LogP contribution in [-0.2, 0) is 19.5 Å². The topological polar surface area (TPSA) is 20.2 Å². The van der Waals surface area contributed by atoms with Gasteiger partial charge in [-0.15, -0.1) is 0 Å². The Morgan fingerprint density at radius 3 is 1.07 bits per heavy atom. The summed E-state index contributed by atoms with van der Waals surface area (Å²) >= 11 is 0. The maximum atomic E-state index is 8.63. The Morgan fingerprint density at radius 1 is 0.600 bits per heavy atom. The van der Waals surface area contributed by atoms with E-state index >= 15 is 0 Å². The molecule has 1 nitrogen and oxygen atoms in total. The third-order valence-electron chi connectivity index (χ3n) is 1.42. The molecule has 0 saturated heterocycles. The molecule has 0 unspecified atom stereocenters. The van der Waals surface area contributed by atoms with Crippen LogP contribution in [-0.4, -0.2) is 5.11 Å². The monoisotopic (exact) mass is 270 g/mol. The number of benzene rings is 2. The summed E-state index contributed by atoms with van der Waals surface area (Å²) in [5.74, 6) is 0.322. The van der Waals surface area contributed by atoms with Crippen LogP contribution in [0.3, 0.4) is 0 Å². The third-order valence-corrected chi connectivity index (χ3v) is 1.42. The van der Waals surface area contributed by atoms with E-state index in [1.807, 2.05) is 42.5 Å². The van der Waals surface area contributed by atoms with E-state index in [-0.39, 0.29) is 33.0 Å². The van der Waals surface area contributed by atoms with Crippen LogP contribution in [0.5, 0.6) is 5.75 Å². The van der Waals surface area contributed by atoms with E-state index in [2.05, 4.69) is 0 Å². The van der Waals surface area contributed by atoms with Crippen molar-refractivity contribution in [2.75, 3.05) is 0 Å². The molecular weight excluding hydrogens is 258 g/mol. The second kappa shape index (κ2) is 11.3. The first-order valence-corrected chi connectivity index (χ1v) is 4.13. The largest absolute Gasteiger partial charge is 0.508 e. The molecule has 0 spiro atoms. The molecule has 15 heavy (non-hydrogen) atoms. The van der Waals surface area contributed by atoms with Crippen molar-refractivity contribution in [2.24, 2.45) is 0 Å². The molecule has 0 aliphatic carbocycles. The number of para-hydroxylation sites is 1. The number of hydrogen-bond acceptors (Lipinski definition) is 1. The van der Waals surface area contributed by atoms with E-state index in [0.29, 0.717) is 5.75 Å². The molecule has 0 aliphatic heterocycles. The minimum atomic E-state index is 0. The Bertz CT molecular complexity index is 286. The van der Waals surface area contributed by atoms with Crippen molar-refractivity contribution in [2.45, 2.75) is 0 Å². The number of aromatic hydroxyl groups is 1. The first kappa shape index (κ1) is 16.6. The van der Waals surface area contributed by atoms with Crippen LogP contribution < -0.4 is 0 Å². The van der Waals surface area contributed by atoms with E-state index < -0.39 is 0 Å². The fourth-order valence-corrected chi connectivity index (χ4v) is 0.813. The van der Waals surface area contributed by atoms with Crippen molar-refractivity contribution < 1.29 is 24.6 Å².